The van der Waals surface area contributed by atoms with Crippen LogP contribution in [0.3, 0.4) is 0 Å². The molecule has 0 saturated carbocycles. The minimum atomic E-state index is -0.437. The summed E-state index contributed by atoms with van der Waals surface area (Å²) in [6.07, 6.45) is 2.08. The molecule has 1 rings (SSSR count). The second-order valence-corrected chi connectivity index (χ2v) is 4.80. The fourth-order valence-corrected chi connectivity index (χ4v) is 1.98. The zero-order valence-electron chi connectivity index (χ0n) is 11.1. The lowest BCUT2D eigenvalue weighted by Crippen LogP contribution is -2.19. The van der Waals surface area contributed by atoms with Crippen LogP contribution in [-0.2, 0) is 0 Å². The Morgan fingerprint density at radius 2 is 2.11 bits per heavy atom. The summed E-state index contributed by atoms with van der Waals surface area (Å²) in [4.78, 5) is 10.6. The van der Waals surface area contributed by atoms with Crippen LogP contribution in [-0.4, -0.2) is 11.0 Å². The highest BCUT2D eigenvalue weighted by molar-refractivity contribution is 5.74. The Kier molecular flexibility index (Phi) is 4.95. The van der Waals surface area contributed by atoms with E-state index in [-0.39, 0.29) is 17.4 Å². The van der Waals surface area contributed by atoms with E-state index in [0.29, 0.717) is 11.6 Å². The van der Waals surface area contributed by atoms with Gasteiger partial charge in [0.05, 0.1) is 4.92 Å². The predicted octanol–water partition coefficient (Wildman–Crippen LogP) is 3.41. The van der Waals surface area contributed by atoms with Crippen LogP contribution in [0.5, 0.6) is 0 Å². The van der Waals surface area contributed by atoms with Crippen LogP contribution in [0.1, 0.15) is 33.6 Å². The predicted molar refractivity (Wildman–Crippen MR) is 74.7 cm³/mol. The summed E-state index contributed by atoms with van der Waals surface area (Å²) in [6, 6.07) is 5.14. The highest BCUT2D eigenvalue weighted by Crippen LogP contribution is 2.31. The highest BCUT2D eigenvalue weighted by Gasteiger charge is 2.19. The Morgan fingerprint density at radius 1 is 1.44 bits per heavy atom. The Hall–Kier alpha value is -1.78. The molecular weight excluding hydrogens is 230 g/mol. The van der Waals surface area contributed by atoms with Crippen molar-refractivity contribution in [3.05, 3.63) is 28.3 Å². The second-order valence-electron chi connectivity index (χ2n) is 4.80. The van der Waals surface area contributed by atoms with Gasteiger partial charge in [0, 0.05) is 6.04 Å². The molecule has 2 atom stereocenters. The fraction of sp³-hybridized carbons (Fsp3) is 0.538. The van der Waals surface area contributed by atoms with Crippen molar-refractivity contribution in [3.8, 4) is 0 Å². The smallest absolute Gasteiger partial charge is 0.314 e. The number of nitrogens with zero attached hydrogens (tertiary/aromatic N) is 1. The number of benzene rings is 1. The van der Waals surface area contributed by atoms with Crippen LogP contribution in [0.15, 0.2) is 18.2 Å². The molecule has 0 spiro atoms. The van der Waals surface area contributed by atoms with Crippen LogP contribution < -0.4 is 11.1 Å². The standard InChI is InChI=1S/C13H21N3O2/c1-4-9(2)8-10(3)15-12-7-5-6-11(14)13(12)16(17)18/h5-7,9-10,15H,4,8,14H2,1-3H3. The number of hydrogen-bond acceptors (Lipinski definition) is 4. The molecule has 5 heteroatoms. The molecular formula is C13H21N3O2. The third kappa shape index (κ3) is 3.61. The molecule has 2 unspecified atom stereocenters. The van der Waals surface area contributed by atoms with Crippen LogP contribution in [0.4, 0.5) is 17.1 Å². The normalized spacial score (nSPS) is 13.9. The molecule has 0 radical (unpaired) electrons. The molecule has 0 amide bonds. The monoisotopic (exact) mass is 251 g/mol. The Morgan fingerprint density at radius 3 is 2.67 bits per heavy atom. The molecule has 0 heterocycles. The zero-order chi connectivity index (χ0) is 13.7. The van der Waals surface area contributed by atoms with Crippen molar-refractivity contribution in [2.24, 2.45) is 5.92 Å². The largest absolute Gasteiger partial charge is 0.393 e. The summed E-state index contributed by atoms with van der Waals surface area (Å²) in [5, 5.41) is 14.2. The van der Waals surface area contributed by atoms with Crippen molar-refractivity contribution in [2.45, 2.75) is 39.7 Å². The van der Waals surface area contributed by atoms with E-state index in [2.05, 4.69) is 19.2 Å². The van der Waals surface area contributed by atoms with Gasteiger partial charge in [-0.1, -0.05) is 26.3 Å². The summed E-state index contributed by atoms with van der Waals surface area (Å²) >= 11 is 0. The van der Waals surface area contributed by atoms with Gasteiger partial charge in [-0.05, 0) is 31.4 Å². The van der Waals surface area contributed by atoms with Gasteiger partial charge in [-0.3, -0.25) is 10.1 Å². The average Bonchev–Trinajstić information content (AvgIpc) is 2.28. The maximum absolute atomic E-state index is 11.0. The first-order valence-corrected chi connectivity index (χ1v) is 6.25. The van der Waals surface area contributed by atoms with Gasteiger partial charge in [0.25, 0.3) is 0 Å². The number of hydrogen-bond donors (Lipinski definition) is 2. The molecule has 3 N–H and O–H groups in total. The molecule has 1 aromatic rings. The lowest BCUT2D eigenvalue weighted by atomic mass is 10.00. The quantitative estimate of drug-likeness (QED) is 0.461. The van der Waals surface area contributed by atoms with Crippen molar-refractivity contribution < 1.29 is 4.92 Å². The van der Waals surface area contributed by atoms with Crippen molar-refractivity contribution in [3.63, 3.8) is 0 Å². The SMILES string of the molecule is CCC(C)CC(C)Nc1cccc(N)c1[N+](=O)[O-]. The molecule has 0 aliphatic rings. The lowest BCUT2D eigenvalue weighted by molar-refractivity contribution is -0.383. The lowest BCUT2D eigenvalue weighted by Gasteiger charge is -2.18. The topological polar surface area (TPSA) is 81.2 Å². The molecule has 0 bridgehead atoms. The van der Waals surface area contributed by atoms with E-state index in [4.69, 9.17) is 5.73 Å². The number of para-hydroxylation sites is 1. The number of anilines is 2. The van der Waals surface area contributed by atoms with E-state index in [1.807, 2.05) is 6.92 Å². The van der Waals surface area contributed by atoms with Gasteiger partial charge in [0.2, 0.25) is 0 Å². The van der Waals surface area contributed by atoms with Crippen LogP contribution >= 0.6 is 0 Å². The Labute approximate surface area is 108 Å². The van der Waals surface area contributed by atoms with E-state index in [1.165, 1.54) is 0 Å². The van der Waals surface area contributed by atoms with Gasteiger partial charge in [-0.15, -0.1) is 0 Å². The van der Waals surface area contributed by atoms with Gasteiger partial charge in [0.15, 0.2) is 0 Å². The van der Waals surface area contributed by atoms with Gasteiger partial charge >= 0.3 is 5.69 Å². The Balaban J connectivity index is 2.84. The van der Waals surface area contributed by atoms with Crippen molar-refractivity contribution in [1.82, 2.24) is 0 Å². The van der Waals surface area contributed by atoms with Crippen LogP contribution in [0.25, 0.3) is 0 Å². The first-order valence-electron chi connectivity index (χ1n) is 6.25. The van der Waals surface area contributed by atoms with Crippen LogP contribution in [0.2, 0.25) is 0 Å². The first kappa shape index (κ1) is 14.3. The van der Waals surface area contributed by atoms with E-state index >= 15 is 0 Å². The number of nitro benzene ring substituents is 1. The number of nitrogens with two attached hydrogens (primary N) is 1. The van der Waals surface area contributed by atoms with Crippen molar-refractivity contribution in [1.29, 1.82) is 0 Å². The van der Waals surface area contributed by atoms with E-state index in [9.17, 15) is 10.1 Å². The van der Waals surface area contributed by atoms with Gasteiger partial charge < -0.3 is 11.1 Å². The minimum absolute atomic E-state index is 0.0338. The Bertz CT molecular complexity index is 421. The molecule has 100 valence electrons. The number of rotatable bonds is 6. The van der Waals surface area contributed by atoms with E-state index in [0.717, 1.165) is 12.8 Å². The van der Waals surface area contributed by atoms with E-state index < -0.39 is 4.92 Å². The second kappa shape index (κ2) is 6.23. The maximum Gasteiger partial charge on any atom is 0.314 e. The van der Waals surface area contributed by atoms with Gasteiger partial charge in [0.1, 0.15) is 11.4 Å². The molecule has 1 aromatic carbocycles. The van der Waals surface area contributed by atoms with Crippen molar-refractivity contribution >= 4 is 17.1 Å². The minimum Gasteiger partial charge on any atom is -0.393 e. The zero-order valence-corrected chi connectivity index (χ0v) is 11.1. The van der Waals surface area contributed by atoms with E-state index in [1.54, 1.807) is 18.2 Å². The molecule has 18 heavy (non-hydrogen) atoms. The molecule has 0 aliphatic heterocycles. The van der Waals surface area contributed by atoms with Gasteiger partial charge in [-0.2, -0.15) is 0 Å². The summed E-state index contributed by atoms with van der Waals surface area (Å²) in [5.74, 6) is 0.590. The summed E-state index contributed by atoms with van der Waals surface area (Å²) in [6.45, 7) is 6.34. The van der Waals surface area contributed by atoms with Crippen molar-refractivity contribution in [2.75, 3.05) is 11.1 Å². The molecule has 0 aliphatic carbocycles. The van der Waals surface area contributed by atoms with Crippen LogP contribution in [0, 0.1) is 16.0 Å². The summed E-state index contributed by atoms with van der Waals surface area (Å²) < 4.78 is 0. The molecule has 0 aromatic heterocycles. The third-order valence-electron chi connectivity index (χ3n) is 3.10. The number of nitro groups is 1. The number of nitrogen functional groups attached to an aromatic ring is 1. The molecule has 5 nitrogen and oxygen atoms in total. The molecule has 0 saturated heterocycles. The average molecular weight is 251 g/mol. The number of nitrogens with one attached hydrogen (secondary N) is 1. The maximum atomic E-state index is 11.0. The highest BCUT2D eigenvalue weighted by atomic mass is 16.6. The van der Waals surface area contributed by atoms with Gasteiger partial charge in [-0.25, -0.2) is 0 Å². The molecule has 0 fully saturated rings. The third-order valence-corrected chi connectivity index (χ3v) is 3.10. The summed E-state index contributed by atoms with van der Waals surface area (Å²) in [5.41, 5.74) is 6.30. The summed E-state index contributed by atoms with van der Waals surface area (Å²) in [7, 11) is 0. The first-order chi connectivity index (χ1) is 8.45. The fourth-order valence-electron chi connectivity index (χ4n) is 1.98.